The summed E-state index contributed by atoms with van der Waals surface area (Å²) in [4.78, 5) is 37.3. The van der Waals surface area contributed by atoms with Gasteiger partial charge in [-0.1, -0.05) is 17.7 Å². The number of benzene rings is 1. The van der Waals surface area contributed by atoms with Gasteiger partial charge in [0, 0.05) is 52.2 Å². The van der Waals surface area contributed by atoms with E-state index in [-0.39, 0.29) is 29.8 Å². The number of carbonyl (C=O) groups excluding carboxylic acids is 2. The van der Waals surface area contributed by atoms with Crippen LogP contribution in [0.1, 0.15) is 30.4 Å². The molecule has 2 aliphatic rings. The van der Waals surface area contributed by atoms with E-state index in [2.05, 4.69) is 5.32 Å². The Balaban J connectivity index is 0.000000604. The van der Waals surface area contributed by atoms with E-state index in [9.17, 15) is 31.2 Å². The second-order valence-corrected chi connectivity index (χ2v) is 10.8. The number of likely N-dealkylation sites (tertiary alicyclic amines) is 1. The van der Waals surface area contributed by atoms with E-state index >= 15 is 0 Å². The van der Waals surface area contributed by atoms with Crippen LogP contribution in [0.2, 0.25) is 0 Å². The number of nitrogens with zero attached hydrogens (tertiary/aromatic N) is 3. The molecule has 1 aromatic rings. The van der Waals surface area contributed by atoms with Gasteiger partial charge in [-0.15, -0.1) is 0 Å². The number of amides is 2. The average molecular weight is 551 g/mol. The van der Waals surface area contributed by atoms with Crippen molar-refractivity contribution >= 4 is 27.8 Å². The number of carbonyl (C=O) groups is 3. The molecule has 0 atom stereocenters. The minimum absolute atomic E-state index is 0.121. The number of hydrogen-bond donors (Lipinski definition) is 2. The van der Waals surface area contributed by atoms with Gasteiger partial charge in [0.25, 0.3) is 0 Å². The standard InChI is InChI=1S/C21H32N4O4S.C2HF3O2/c1-17-6-7-19(18(2)15-17)30(28,29)25(12-4-11-23-10-3-5-20(23)26)16-21(27)24-13-8-22-9-14-24;3-2(4,5)1(6)7/h6-7,15,22H,3-5,8-14,16H2,1-2H3;(H,6,7). The van der Waals surface area contributed by atoms with Crippen LogP contribution in [0.25, 0.3) is 0 Å². The first-order valence-corrected chi connectivity index (χ1v) is 13.3. The summed E-state index contributed by atoms with van der Waals surface area (Å²) in [6.07, 6.45) is -3.17. The van der Waals surface area contributed by atoms with E-state index in [1.807, 2.05) is 13.0 Å². The van der Waals surface area contributed by atoms with E-state index < -0.39 is 22.2 Å². The van der Waals surface area contributed by atoms with Gasteiger partial charge in [-0.3, -0.25) is 9.59 Å². The number of nitrogens with one attached hydrogen (secondary N) is 1. The number of sulfonamides is 1. The third-order valence-corrected chi connectivity index (χ3v) is 7.98. The Morgan fingerprint density at radius 3 is 2.27 bits per heavy atom. The molecule has 208 valence electrons. The maximum atomic E-state index is 13.4. The largest absolute Gasteiger partial charge is 0.490 e. The second kappa shape index (κ2) is 13.2. The summed E-state index contributed by atoms with van der Waals surface area (Å²) in [5, 5.41) is 10.3. The summed E-state index contributed by atoms with van der Waals surface area (Å²) in [5.41, 5.74) is 1.66. The topological polar surface area (TPSA) is 127 Å². The molecule has 2 fully saturated rings. The van der Waals surface area contributed by atoms with E-state index in [1.54, 1.807) is 28.9 Å². The predicted octanol–water partition coefficient (Wildman–Crippen LogP) is 1.37. The van der Waals surface area contributed by atoms with Gasteiger partial charge in [0.2, 0.25) is 21.8 Å². The van der Waals surface area contributed by atoms with Crippen molar-refractivity contribution in [2.45, 2.75) is 44.2 Å². The Morgan fingerprint density at radius 2 is 1.76 bits per heavy atom. The summed E-state index contributed by atoms with van der Waals surface area (Å²) >= 11 is 0. The molecule has 1 aromatic carbocycles. The van der Waals surface area contributed by atoms with Crippen molar-refractivity contribution in [2.24, 2.45) is 0 Å². The van der Waals surface area contributed by atoms with Crippen molar-refractivity contribution in [3.8, 4) is 0 Å². The SMILES string of the molecule is Cc1ccc(S(=O)(=O)N(CCCN2CCCC2=O)CC(=O)N2CCNCC2)c(C)c1.O=C(O)C(F)(F)F. The number of aliphatic carboxylic acids is 1. The van der Waals surface area contributed by atoms with Crippen LogP contribution < -0.4 is 5.32 Å². The highest BCUT2D eigenvalue weighted by Gasteiger charge is 2.38. The van der Waals surface area contributed by atoms with Gasteiger partial charge in [-0.2, -0.15) is 17.5 Å². The molecule has 14 heteroatoms. The zero-order valence-electron chi connectivity index (χ0n) is 20.9. The van der Waals surface area contributed by atoms with Crippen LogP contribution >= 0.6 is 0 Å². The lowest BCUT2D eigenvalue weighted by Crippen LogP contribution is -2.50. The van der Waals surface area contributed by atoms with Gasteiger partial charge >= 0.3 is 12.1 Å². The van der Waals surface area contributed by atoms with Crippen LogP contribution in [0.4, 0.5) is 13.2 Å². The number of piperazine rings is 1. The maximum Gasteiger partial charge on any atom is 0.490 e. The molecule has 2 N–H and O–H groups in total. The van der Waals surface area contributed by atoms with E-state index in [4.69, 9.17) is 9.90 Å². The van der Waals surface area contributed by atoms with Crippen molar-refractivity contribution in [1.29, 1.82) is 0 Å². The second-order valence-electron chi connectivity index (χ2n) is 8.88. The summed E-state index contributed by atoms with van der Waals surface area (Å²) in [5.74, 6) is -2.81. The molecular formula is C23H33F3N4O6S. The molecule has 0 bridgehead atoms. The zero-order valence-corrected chi connectivity index (χ0v) is 21.7. The number of carboxylic acids is 1. The first-order chi connectivity index (χ1) is 17.2. The van der Waals surface area contributed by atoms with Crippen molar-refractivity contribution in [1.82, 2.24) is 19.4 Å². The molecule has 37 heavy (non-hydrogen) atoms. The molecule has 0 aromatic heterocycles. The van der Waals surface area contributed by atoms with Crippen LogP contribution in [0.5, 0.6) is 0 Å². The highest BCUT2D eigenvalue weighted by Crippen LogP contribution is 2.22. The summed E-state index contributed by atoms with van der Waals surface area (Å²) in [7, 11) is -3.82. The third kappa shape index (κ3) is 8.97. The zero-order chi connectivity index (χ0) is 27.8. The Bertz CT molecular complexity index is 1070. The number of hydrogen-bond acceptors (Lipinski definition) is 6. The van der Waals surface area contributed by atoms with Crippen molar-refractivity contribution in [2.75, 3.05) is 52.4 Å². The number of aryl methyl sites for hydroxylation is 2. The molecule has 2 saturated heterocycles. The van der Waals surface area contributed by atoms with Crippen molar-refractivity contribution in [3.63, 3.8) is 0 Å². The monoisotopic (exact) mass is 550 g/mol. The fourth-order valence-electron chi connectivity index (χ4n) is 4.06. The first-order valence-electron chi connectivity index (χ1n) is 11.9. The average Bonchev–Trinajstić information content (AvgIpc) is 3.23. The molecule has 2 amide bonds. The molecule has 2 heterocycles. The smallest absolute Gasteiger partial charge is 0.475 e. The lowest BCUT2D eigenvalue weighted by atomic mass is 10.2. The fourth-order valence-corrected chi connectivity index (χ4v) is 5.69. The number of halogens is 3. The van der Waals surface area contributed by atoms with Gasteiger partial charge in [0.15, 0.2) is 0 Å². The van der Waals surface area contributed by atoms with E-state index in [0.717, 1.165) is 18.5 Å². The third-order valence-electron chi connectivity index (χ3n) is 5.98. The molecule has 0 saturated carbocycles. The lowest BCUT2D eigenvalue weighted by molar-refractivity contribution is -0.192. The molecule has 10 nitrogen and oxygen atoms in total. The van der Waals surface area contributed by atoms with E-state index in [1.165, 1.54) is 4.31 Å². The molecule has 0 spiro atoms. The van der Waals surface area contributed by atoms with Gasteiger partial charge in [-0.05, 0) is 38.3 Å². The minimum Gasteiger partial charge on any atom is -0.475 e. The number of rotatable bonds is 8. The Morgan fingerprint density at radius 1 is 1.14 bits per heavy atom. The normalized spacial score (nSPS) is 16.5. The van der Waals surface area contributed by atoms with Crippen LogP contribution in [0, 0.1) is 13.8 Å². The Kier molecular flexibility index (Phi) is 10.9. The van der Waals surface area contributed by atoms with Crippen LogP contribution in [0.15, 0.2) is 23.1 Å². The predicted molar refractivity (Wildman–Crippen MR) is 128 cm³/mol. The molecule has 0 aliphatic carbocycles. The molecule has 3 rings (SSSR count). The maximum absolute atomic E-state index is 13.4. The van der Waals surface area contributed by atoms with Crippen LogP contribution in [-0.2, 0) is 24.4 Å². The van der Waals surface area contributed by atoms with Crippen molar-refractivity contribution < 1.29 is 41.1 Å². The van der Waals surface area contributed by atoms with Gasteiger partial charge in [0.05, 0.1) is 11.4 Å². The number of alkyl halides is 3. The quantitative estimate of drug-likeness (QED) is 0.501. The van der Waals surface area contributed by atoms with Crippen molar-refractivity contribution in [3.05, 3.63) is 29.3 Å². The number of carboxylic acid groups (broad SMARTS) is 1. The highest BCUT2D eigenvalue weighted by atomic mass is 32.2. The van der Waals surface area contributed by atoms with Gasteiger partial charge in [0.1, 0.15) is 0 Å². The molecule has 0 radical (unpaired) electrons. The van der Waals surface area contributed by atoms with E-state index in [0.29, 0.717) is 51.1 Å². The minimum atomic E-state index is -5.08. The summed E-state index contributed by atoms with van der Waals surface area (Å²) in [6.45, 7) is 7.56. The molecule has 0 unspecified atom stereocenters. The van der Waals surface area contributed by atoms with Gasteiger partial charge in [-0.25, -0.2) is 13.2 Å². The fraction of sp³-hybridized carbons (Fsp3) is 0.609. The highest BCUT2D eigenvalue weighted by molar-refractivity contribution is 7.89. The summed E-state index contributed by atoms with van der Waals surface area (Å²) < 4.78 is 59.9. The molecular weight excluding hydrogens is 517 g/mol. The van der Waals surface area contributed by atoms with Crippen LogP contribution in [-0.4, -0.2) is 104 Å². The Labute approximate surface area is 214 Å². The lowest BCUT2D eigenvalue weighted by Gasteiger charge is -2.30. The summed E-state index contributed by atoms with van der Waals surface area (Å²) in [6, 6.07) is 5.23. The van der Waals surface area contributed by atoms with Gasteiger partial charge < -0.3 is 20.2 Å². The Hall–Kier alpha value is -2.71. The molecule has 2 aliphatic heterocycles. The van der Waals surface area contributed by atoms with Crippen LogP contribution in [0.3, 0.4) is 0 Å². The first kappa shape index (κ1) is 30.5.